The molecule has 0 aromatic carbocycles. The van der Waals surface area contributed by atoms with Gasteiger partial charge < -0.3 is 10.2 Å². The van der Waals surface area contributed by atoms with Crippen molar-refractivity contribution in [3.8, 4) is 0 Å². The number of hydrogen-bond acceptors (Lipinski definition) is 5. The molecule has 2 aromatic rings. The summed E-state index contributed by atoms with van der Waals surface area (Å²) in [5.41, 5.74) is 0.925. The summed E-state index contributed by atoms with van der Waals surface area (Å²) in [6.45, 7) is 3.90. The van der Waals surface area contributed by atoms with E-state index in [1.165, 1.54) is 11.3 Å². The summed E-state index contributed by atoms with van der Waals surface area (Å²) in [6.07, 6.45) is 2.39. The number of thiophene rings is 1. The van der Waals surface area contributed by atoms with Crippen LogP contribution in [0.5, 0.6) is 0 Å². The maximum absolute atomic E-state index is 12.4. The molecule has 2 amide bonds. The van der Waals surface area contributed by atoms with Gasteiger partial charge in [0.1, 0.15) is 0 Å². The van der Waals surface area contributed by atoms with Gasteiger partial charge in [0.25, 0.3) is 5.91 Å². The predicted octanol–water partition coefficient (Wildman–Crippen LogP) is 3.25. The largest absolute Gasteiger partial charge is 0.350 e. The second kappa shape index (κ2) is 7.90. The molecule has 5 nitrogen and oxygen atoms in total. The molecule has 1 fully saturated rings. The van der Waals surface area contributed by atoms with Crippen molar-refractivity contribution in [3.05, 3.63) is 38.5 Å². The average Bonchev–Trinajstić information content (AvgIpc) is 3.31. The molecule has 0 bridgehead atoms. The molecule has 128 valence electrons. The van der Waals surface area contributed by atoms with Gasteiger partial charge in [-0.1, -0.05) is 13.0 Å². The van der Waals surface area contributed by atoms with Crippen LogP contribution in [0.25, 0.3) is 0 Å². The lowest BCUT2D eigenvalue weighted by molar-refractivity contribution is -0.120. The van der Waals surface area contributed by atoms with Crippen molar-refractivity contribution in [1.29, 1.82) is 0 Å². The first-order valence-corrected chi connectivity index (χ1v) is 9.97. The highest BCUT2D eigenvalue weighted by Gasteiger charge is 2.26. The second-order valence-electron chi connectivity index (χ2n) is 5.85. The summed E-state index contributed by atoms with van der Waals surface area (Å²) >= 11 is 3.16. The highest BCUT2D eigenvalue weighted by atomic mass is 32.1. The number of aromatic nitrogens is 1. The summed E-state index contributed by atoms with van der Waals surface area (Å²) < 4.78 is 0. The minimum Gasteiger partial charge on any atom is -0.350 e. The Morgan fingerprint density at radius 2 is 2.12 bits per heavy atom. The Kier molecular flexibility index (Phi) is 5.63. The van der Waals surface area contributed by atoms with E-state index in [2.05, 4.69) is 10.3 Å². The zero-order chi connectivity index (χ0) is 16.9. The van der Waals surface area contributed by atoms with E-state index in [1.54, 1.807) is 11.3 Å². The lowest BCUT2D eigenvalue weighted by atomic mass is 9.97. The van der Waals surface area contributed by atoms with Crippen LogP contribution in [0.1, 0.15) is 52.5 Å². The van der Waals surface area contributed by atoms with Gasteiger partial charge in [-0.05, 0) is 24.3 Å². The van der Waals surface area contributed by atoms with Crippen LogP contribution < -0.4 is 5.32 Å². The molecule has 7 heteroatoms. The van der Waals surface area contributed by atoms with Crippen molar-refractivity contribution >= 4 is 34.5 Å². The topological polar surface area (TPSA) is 62.3 Å². The van der Waals surface area contributed by atoms with Crippen LogP contribution in [0.3, 0.4) is 0 Å². The van der Waals surface area contributed by atoms with E-state index in [9.17, 15) is 9.59 Å². The van der Waals surface area contributed by atoms with Crippen molar-refractivity contribution in [3.63, 3.8) is 0 Å². The number of nitrogens with one attached hydrogen (secondary N) is 1. The van der Waals surface area contributed by atoms with Gasteiger partial charge in [-0.2, -0.15) is 0 Å². The Balaban J connectivity index is 1.52. The molecule has 0 saturated carbocycles. The van der Waals surface area contributed by atoms with Crippen molar-refractivity contribution in [2.45, 2.75) is 38.6 Å². The van der Waals surface area contributed by atoms with Gasteiger partial charge in [0.2, 0.25) is 5.91 Å². The monoisotopic (exact) mass is 363 g/mol. The number of rotatable bonds is 5. The minimum atomic E-state index is 0.0462. The fraction of sp³-hybridized carbons (Fsp3) is 0.471. The lowest BCUT2D eigenvalue weighted by Gasteiger charge is -2.30. The van der Waals surface area contributed by atoms with Crippen LogP contribution in [-0.2, 0) is 11.3 Å². The van der Waals surface area contributed by atoms with E-state index < -0.39 is 0 Å². The molecule has 0 unspecified atom stereocenters. The van der Waals surface area contributed by atoms with Gasteiger partial charge in [0, 0.05) is 30.8 Å². The number of carbonyl (C=O) groups is 2. The Hall–Kier alpha value is -1.73. The van der Waals surface area contributed by atoms with Gasteiger partial charge in [-0.15, -0.1) is 22.7 Å². The summed E-state index contributed by atoms with van der Waals surface area (Å²) in [6, 6.07) is 3.80. The second-order valence-corrected chi connectivity index (χ2v) is 7.69. The number of likely N-dealkylation sites (tertiary alicyclic amines) is 1. The number of hydrogen-bond donors (Lipinski definition) is 1. The normalized spacial score (nSPS) is 15.5. The molecule has 3 heterocycles. The van der Waals surface area contributed by atoms with E-state index in [0.29, 0.717) is 18.9 Å². The third kappa shape index (κ3) is 4.02. The smallest absolute Gasteiger partial charge is 0.263 e. The van der Waals surface area contributed by atoms with Gasteiger partial charge in [-0.3, -0.25) is 9.59 Å². The zero-order valence-electron chi connectivity index (χ0n) is 13.7. The summed E-state index contributed by atoms with van der Waals surface area (Å²) in [7, 11) is 0. The summed E-state index contributed by atoms with van der Waals surface area (Å²) in [4.78, 5) is 31.1. The molecule has 24 heavy (non-hydrogen) atoms. The van der Waals surface area contributed by atoms with Crippen LogP contribution in [0.2, 0.25) is 0 Å². The number of amides is 2. The SMILES string of the molecule is CCC(=O)NCc1csc(C2CCN(C(=O)c3cccs3)CC2)n1. The first-order chi connectivity index (χ1) is 11.7. The average molecular weight is 364 g/mol. The predicted molar refractivity (Wildman–Crippen MR) is 96.4 cm³/mol. The Bertz CT molecular complexity index is 689. The Labute approximate surface area is 149 Å². The maximum atomic E-state index is 12.4. The highest BCUT2D eigenvalue weighted by Crippen LogP contribution is 2.31. The molecule has 0 spiro atoms. The molecular formula is C17H21N3O2S2. The number of nitrogens with zero attached hydrogens (tertiary/aromatic N) is 2. The molecule has 1 aliphatic heterocycles. The van der Waals surface area contributed by atoms with Crippen molar-refractivity contribution < 1.29 is 9.59 Å². The Morgan fingerprint density at radius 3 is 2.79 bits per heavy atom. The van der Waals surface area contributed by atoms with Crippen molar-refractivity contribution in [1.82, 2.24) is 15.2 Å². The molecule has 1 aliphatic rings. The van der Waals surface area contributed by atoms with Gasteiger partial charge in [0.05, 0.1) is 22.1 Å². The van der Waals surface area contributed by atoms with Crippen LogP contribution >= 0.6 is 22.7 Å². The van der Waals surface area contributed by atoms with E-state index in [-0.39, 0.29) is 11.8 Å². The molecule has 1 saturated heterocycles. The van der Waals surface area contributed by atoms with Gasteiger partial charge in [0.15, 0.2) is 0 Å². The van der Waals surface area contributed by atoms with Gasteiger partial charge in [-0.25, -0.2) is 4.98 Å². The quantitative estimate of drug-likeness (QED) is 0.887. The van der Waals surface area contributed by atoms with Gasteiger partial charge >= 0.3 is 0 Å². The van der Waals surface area contributed by atoms with Crippen LogP contribution in [0.4, 0.5) is 0 Å². The number of carbonyl (C=O) groups excluding carboxylic acids is 2. The fourth-order valence-electron chi connectivity index (χ4n) is 2.79. The third-order valence-corrected chi connectivity index (χ3v) is 6.13. The molecule has 0 atom stereocenters. The molecular weight excluding hydrogens is 342 g/mol. The van der Waals surface area contributed by atoms with Crippen molar-refractivity contribution in [2.24, 2.45) is 0 Å². The van der Waals surface area contributed by atoms with E-state index in [4.69, 9.17) is 0 Å². The first-order valence-electron chi connectivity index (χ1n) is 8.21. The standard InChI is InChI=1S/C17H21N3O2S2/c1-2-15(21)18-10-13-11-24-16(19-13)12-5-7-20(8-6-12)17(22)14-4-3-9-23-14/h3-4,9,11-12H,2,5-8,10H2,1H3,(H,18,21). The number of thiazole rings is 1. The Morgan fingerprint density at radius 1 is 1.33 bits per heavy atom. The van der Waals surface area contributed by atoms with E-state index in [1.807, 2.05) is 34.7 Å². The van der Waals surface area contributed by atoms with Crippen LogP contribution in [-0.4, -0.2) is 34.8 Å². The van der Waals surface area contributed by atoms with E-state index in [0.717, 1.165) is 41.5 Å². The molecule has 1 N–H and O–H groups in total. The number of piperidine rings is 1. The summed E-state index contributed by atoms with van der Waals surface area (Å²) in [5, 5.41) is 7.94. The molecule has 3 rings (SSSR count). The maximum Gasteiger partial charge on any atom is 0.263 e. The van der Waals surface area contributed by atoms with Crippen molar-refractivity contribution in [2.75, 3.05) is 13.1 Å². The van der Waals surface area contributed by atoms with Crippen LogP contribution in [0, 0.1) is 0 Å². The van der Waals surface area contributed by atoms with E-state index >= 15 is 0 Å². The highest BCUT2D eigenvalue weighted by molar-refractivity contribution is 7.12. The zero-order valence-corrected chi connectivity index (χ0v) is 15.3. The molecule has 0 radical (unpaired) electrons. The summed E-state index contributed by atoms with van der Waals surface area (Å²) in [5.74, 6) is 0.605. The molecule has 0 aliphatic carbocycles. The minimum absolute atomic E-state index is 0.0462. The molecule has 2 aromatic heterocycles. The van der Waals surface area contributed by atoms with Crippen LogP contribution in [0.15, 0.2) is 22.9 Å². The first kappa shape index (κ1) is 17.1. The lowest BCUT2D eigenvalue weighted by Crippen LogP contribution is -2.37. The fourth-order valence-corrected chi connectivity index (χ4v) is 4.47. The third-order valence-electron chi connectivity index (χ3n) is 4.22.